The second kappa shape index (κ2) is 9.17. The van der Waals surface area contributed by atoms with Crippen LogP contribution in [0.3, 0.4) is 0 Å². The first-order chi connectivity index (χ1) is 14.0. The van der Waals surface area contributed by atoms with E-state index in [-0.39, 0.29) is 12.6 Å². The number of nitrogens with zero attached hydrogens (tertiary/aromatic N) is 4. The fraction of sp³-hybridized carbons (Fsp3) is 0.318. The number of rotatable bonds is 8. The highest BCUT2D eigenvalue weighted by atomic mass is 16.5. The maximum absolute atomic E-state index is 8.70. The lowest BCUT2D eigenvalue weighted by Crippen LogP contribution is -2.05. The number of ether oxygens (including phenoxy) is 3. The zero-order valence-corrected chi connectivity index (χ0v) is 17.0. The molecule has 3 rings (SSSR count). The normalized spacial score (nSPS) is 10.7. The van der Waals surface area contributed by atoms with E-state index < -0.39 is 0 Å². The van der Waals surface area contributed by atoms with Crippen molar-refractivity contribution in [2.24, 2.45) is 5.11 Å². The van der Waals surface area contributed by atoms with Gasteiger partial charge in [0, 0.05) is 22.9 Å². The number of fused-ring (bicyclic) bond motifs is 1. The fourth-order valence-corrected chi connectivity index (χ4v) is 3.25. The van der Waals surface area contributed by atoms with Crippen LogP contribution in [0.25, 0.3) is 21.2 Å². The molecule has 1 heterocycles. The van der Waals surface area contributed by atoms with E-state index in [0.29, 0.717) is 17.9 Å². The zero-order valence-electron chi connectivity index (χ0n) is 17.0. The van der Waals surface area contributed by atoms with Gasteiger partial charge in [0.1, 0.15) is 5.75 Å². The second-order valence-corrected chi connectivity index (χ2v) is 6.86. The molecular weight excluding hydrogens is 368 g/mol. The van der Waals surface area contributed by atoms with E-state index in [9.17, 15) is 0 Å². The van der Waals surface area contributed by atoms with Crippen molar-refractivity contribution >= 4 is 10.8 Å². The number of benzene rings is 2. The van der Waals surface area contributed by atoms with Crippen LogP contribution in [0.15, 0.2) is 47.7 Å². The third-order valence-corrected chi connectivity index (χ3v) is 4.50. The van der Waals surface area contributed by atoms with Gasteiger partial charge in [0.2, 0.25) is 0 Å². The summed E-state index contributed by atoms with van der Waals surface area (Å²) in [6, 6.07) is 11.8. The van der Waals surface area contributed by atoms with Crippen LogP contribution >= 0.6 is 0 Å². The molecule has 0 fully saturated rings. The molecule has 150 valence electrons. The van der Waals surface area contributed by atoms with Crippen molar-refractivity contribution in [3.8, 4) is 17.2 Å². The van der Waals surface area contributed by atoms with Crippen LogP contribution in [0.4, 0.5) is 0 Å². The third-order valence-electron chi connectivity index (χ3n) is 4.50. The average molecular weight is 392 g/mol. The van der Waals surface area contributed by atoms with Crippen LogP contribution in [-0.4, -0.2) is 25.3 Å². The number of methoxy groups -OCH3 is 2. The molecule has 0 aliphatic rings. The molecule has 0 radical (unpaired) electrons. The van der Waals surface area contributed by atoms with Crippen molar-refractivity contribution in [1.82, 2.24) is 4.98 Å². The zero-order chi connectivity index (χ0) is 20.8. The standard InChI is InChI=1S/C22H24N4O3/c1-14(2)29-17-7-5-6-15(8-17)9-20-19-11-22(28-4)21(27-3)10-18(19)16(12-24-20)13-25-26-23/h5-8,10-12,14H,9,13H2,1-4H3. The van der Waals surface area contributed by atoms with Crippen molar-refractivity contribution in [1.29, 1.82) is 0 Å². The van der Waals surface area contributed by atoms with Gasteiger partial charge in [-0.05, 0) is 60.2 Å². The van der Waals surface area contributed by atoms with Gasteiger partial charge in [-0.1, -0.05) is 17.2 Å². The Labute approximate surface area is 169 Å². The number of pyridine rings is 1. The summed E-state index contributed by atoms with van der Waals surface area (Å²) in [4.78, 5) is 7.52. The molecule has 0 unspecified atom stereocenters. The summed E-state index contributed by atoms with van der Waals surface area (Å²) in [6.45, 7) is 4.22. The first-order valence-corrected chi connectivity index (χ1v) is 9.34. The quantitative estimate of drug-likeness (QED) is 0.290. The molecule has 7 nitrogen and oxygen atoms in total. The highest BCUT2D eigenvalue weighted by Gasteiger charge is 2.14. The molecular formula is C22H24N4O3. The smallest absolute Gasteiger partial charge is 0.161 e. The molecule has 29 heavy (non-hydrogen) atoms. The van der Waals surface area contributed by atoms with Crippen LogP contribution in [-0.2, 0) is 13.0 Å². The van der Waals surface area contributed by atoms with Gasteiger partial charge in [-0.2, -0.15) is 0 Å². The van der Waals surface area contributed by atoms with E-state index in [0.717, 1.165) is 33.3 Å². The van der Waals surface area contributed by atoms with E-state index in [1.54, 1.807) is 20.4 Å². The summed E-state index contributed by atoms with van der Waals surface area (Å²) in [5.41, 5.74) is 11.5. The van der Waals surface area contributed by atoms with Gasteiger partial charge in [-0.3, -0.25) is 4.98 Å². The van der Waals surface area contributed by atoms with Crippen LogP contribution in [0.2, 0.25) is 0 Å². The third kappa shape index (κ3) is 4.70. The molecule has 1 aromatic heterocycles. The Morgan fingerprint density at radius 1 is 1.07 bits per heavy atom. The minimum atomic E-state index is 0.112. The molecule has 0 spiro atoms. The number of aromatic nitrogens is 1. The summed E-state index contributed by atoms with van der Waals surface area (Å²) in [5.74, 6) is 2.08. The Morgan fingerprint density at radius 2 is 1.79 bits per heavy atom. The van der Waals surface area contributed by atoms with Crippen molar-refractivity contribution < 1.29 is 14.2 Å². The topological polar surface area (TPSA) is 89.3 Å². The number of hydrogen-bond donors (Lipinski definition) is 0. The molecule has 0 saturated carbocycles. The van der Waals surface area contributed by atoms with Gasteiger partial charge >= 0.3 is 0 Å². The van der Waals surface area contributed by atoms with Crippen molar-refractivity contribution in [2.75, 3.05) is 14.2 Å². The summed E-state index contributed by atoms with van der Waals surface area (Å²) in [7, 11) is 3.20. The first-order valence-electron chi connectivity index (χ1n) is 9.34. The Bertz CT molecular complexity index is 1060. The van der Waals surface area contributed by atoms with Gasteiger partial charge in [0.25, 0.3) is 0 Å². The second-order valence-electron chi connectivity index (χ2n) is 6.86. The highest BCUT2D eigenvalue weighted by molar-refractivity contribution is 5.90. The van der Waals surface area contributed by atoms with Crippen molar-refractivity contribution in [3.63, 3.8) is 0 Å². The molecule has 0 saturated heterocycles. The van der Waals surface area contributed by atoms with Gasteiger partial charge in [-0.15, -0.1) is 0 Å². The largest absolute Gasteiger partial charge is 0.493 e. The lowest BCUT2D eigenvalue weighted by atomic mass is 10.00. The first kappa shape index (κ1) is 20.3. The van der Waals surface area contributed by atoms with Crippen molar-refractivity contribution in [2.45, 2.75) is 32.9 Å². The van der Waals surface area contributed by atoms with Gasteiger partial charge < -0.3 is 14.2 Å². The molecule has 0 bridgehead atoms. The fourth-order valence-electron chi connectivity index (χ4n) is 3.25. The lowest BCUT2D eigenvalue weighted by molar-refractivity contribution is 0.242. The van der Waals surface area contributed by atoms with E-state index in [4.69, 9.17) is 19.7 Å². The summed E-state index contributed by atoms with van der Waals surface area (Å²) in [6.07, 6.45) is 2.50. The molecule has 0 N–H and O–H groups in total. The molecule has 0 aliphatic carbocycles. The Morgan fingerprint density at radius 3 is 2.45 bits per heavy atom. The molecule has 0 aliphatic heterocycles. The Kier molecular flexibility index (Phi) is 6.42. The molecule has 3 aromatic rings. The highest BCUT2D eigenvalue weighted by Crippen LogP contribution is 2.35. The van der Waals surface area contributed by atoms with Gasteiger partial charge in [-0.25, -0.2) is 0 Å². The maximum Gasteiger partial charge on any atom is 0.161 e. The van der Waals surface area contributed by atoms with Crippen LogP contribution < -0.4 is 14.2 Å². The maximum atomic E-state index is 8.70. The molecule has 7 heteroatoms. The van der Waals surface area contributed by atoms with E-state index in [1.807, 2.05) is 44.2 Å². The number of azide groups is 1. The Hall–Kier alpha value is -3.44. The average Bonchev–Trinajstić information content (AvgIpc) is 2.72. The minimum Gasteiger partial charge on any atom is -0.493 e. The van der Waals surface area contributed by atoms with Crippen LogP contribution in [0.1, 0.15) is 30.7 Å². The summed E-state index contributed by atoms with van der Waals surface area (Å²) >= 11 is 0. The molecule has 0 atom stereocenters. The SMILES string of the molecule is COc1cc2c(CN=[N+]=[N-])cnc(Cc3cccc(OC(C)C)c3)c2cc1OC. The monoisotopic (exact) mass is 392 g/mol. The lowest BCUT2D eigenvalue weighted by Gasteiger charge is -2.15. The number of hydrogen-bond acceptors (Lipinski definition) is 5. The van der Waals surface area contributed by atoms with Gasteiger partial charge in [0.15, 0.2) is 11.5 Å². The van der Waals surface area contributed by atoms with Gasteiger partial charge in [0.05, 0.1) is 32.6 Å². The summed E-state index contributed by atoms with van der Waals surface area (Å²) < 4.78 is 16.7. The van der Waals surface area contributed by atoms with E-state index in [2.05, 4.69) is 21.1 Å². The van der Waals surface area contributed by atoms with Crippen LogP contribution in [0, 0.1) is 0 Å². The Balaban J connectivity index is 2.09. The molecule has 2 aromatic carbocycles. The predicted octanol–water partition coefficient (Wildman–Crippen LogP) is 5.44. The predicted molar refractivity (Wildman–Crippen MR) is 113 cm³/mol. The van der Waals surface area contributed by atoms with E-state index >= 15 is 0 Å². The van der Waals surface area contributed by atoms with E-state index in [1.165, 1.54) is 0 Å². The van der Waals surface area contributed by atoms with Crippen LogP contribution in [0.5, 0.6) is 17.2 Å². The van der Waals surface area contributed by atoms with Crippen molar-refractivity contribution in [3.05, 3.63) is 69.9 Å². The summed E-state index contributed by atoms with van der Waals surface area (Å²) in [5, 5.41) is 5.55. The molecule has 0 amide bonds. The minimum absolute atomic E-state index is 0.112.